The number of nitrogens with one attached hydrogen (secondary N) is 1. The summed E-state index contributed by atoms with van der Waals surface area (Å²) in [5, 5.41) is 0. The molecule has 2 rings (SSSR count). The van der Waals surface area contributed by atoms with E-state index in [2.05, 4.69) is 4.72 Å². The lowest BCUT2D eigenvalue weighted by Crippen LogP contribution is -2.27. The number of aryl methyl sites for hydroxylation is 1. The number of hydrogen-bond acceptors (Lipinski definition) is 3. The van der Waals surface area contributed by atoms with E-state index in [0.29, 0.717) is 5.56 Å². The SMILES string of the molecule is CNS(=O)(=O)c1cc(C(=O)N(C)Cc2ccc(C(F)(F)F)cc2)n(C)c1. The van der Waals surface area contributed by atoms with Gasteiger partial charge in [-0.15, -0.1) is 0 Å². The van der Waals surface area contributed by atoms with Crippen molar-refractivity contribution in [2.45, 2.75) is 17.6 Å². The topological polar surface area (TPSA) is 71.4 Å². The lowest BCUT2D eigenvalue weighted by molar-refractivity contribution is -0.137. The fourth-order valence-electron chi connectivity index (χ4n) is 2.35. The fourth-order valence-corrected chi connectivity index (χ4v) is 3.15. The monoisotopic (exact) mass is 389 g/mol. The summed E-state index contributed by atoms with van der Waals surface area (Å²) in [5.74, 6) is -0.454. The molecule has 1 amide bonds. The summed E-state index contributed by atoms with van der Waals surface area (Å²) >= 11 is 0. The third-order valence-corrected chi connectivity index (χ3v) is 5.21. The minimum atomic E-state index is -4.42. The number of carbonyl (C=O) groups is 1. The van der Waals surface area contributed by atoms with E-state index in [-0.39, 0.29) is 17.1 Å². The van der Waals surface area contributed by atoms with Crippen molar-refractivity contribution in [1.29, 1.82) is 0 Å². The quantitative estimate of drug-likeness (QED) is 0.853. The van der Waals surface area contributed by atoms with Gasteiger partial charge in [0, 0.05) is 26.8 Å². The average molecular weight is 389 g/mol. The van der Waals surface area contributed by atoms with Crippen LogP contribution >= 0.6 is 0 Å². The highest BCUT2D eigenvalue weighted by Gasteiger charge is 2.30. The number of benzene rings is 1. The molecule has 0 saturated heterocycles. The summed E-state index contributed by atoms with van der Waals surface area (Å²) in [6.45, 7) is 0.0796. The Morgan fingerprint density at radius 3 is 2.31 bits per heavy atom. The summed E-state index contributed by atoms with van der Waals surface area (Å²) in [4.78, 5) is 13.8. The molecule has 0 spiro atoms. The number of halogens is 3. The van der Waals surface area contributed by atoms with Gasteiger partial charge in [0.25, 0.3) is 5.91 Å². The van der Waals surface area contributed by atoms with Crippen molar-refractivity contribution in [3.63, 3.8) is 0 Å². The smallest absolute Gasteiger partial charge is 0.345 e. The molecule has 0 aliphatic heterocycles. The molecular weight excluding hydrogens is 371 g/mol. The molecule has 142 valence electrons. The number of amides is 1. The number of nitrogens with zero attached hydrogens (tertiary/aromatic N) is 2. The molecule has 1 aromatic carbocycles. The van der Waals surface area contributed by atoms with Crippen molar-refractivity contribution in [3.8, 4) is 0 Å². The van der Waals surface area contributed by atoms with Crippen LogP contribution < -0.4 is 4.72 Å². The molecule has 0 aliphatic carbocycles. The minimum Gasteiger partial charge on any atom is -0.345 e. The van der Waals surface area contributed by atoms with Crippen LogP contribution in [0.1, 0.15) is 21.6 Å². The molecule has 0 saturated carbocycles. The van der Waals surface area contributed by atoms with E-state index >= 15 is 0 Å². The first-order valence-electron chi connectivity index (χ1n) is 7.47. The Bertz CT molecular complexity index is 903. The fraction of sp³-hybridized carbons (Fsp3) is 0.312. The molecule has 0 atom stereocenters. The number of aromatic nitrogens is 1. The molecular formula is C16H18F3N3O3S. The first-order chi connectivity index (χ1) is 12.0. The number of hydrogen-bond donors (Lipinski definition) is 1. The van der Waals surface area contributed by atoms with Crippen molar-refractivity contribution >= 4 is 15.9 Å². The molecule has 6 nitrogen and oxygen atoms in total. The van der Waals surface area contributed by atoms with E-state index in [4.69, 9.17) is 0 Å². The first-order valence-corrected chi connectivity index (χ1v) is 8.95. The second-order valence-corrected chi connectivity index (χ2v) is 7.62. The highest BCUT2D eigenvalue weighted by atomic mass is 32.2. The van der Waals surface area contributed by atoms with Gasteiger partial charge in [-0.25, -0.2) is 13.1 Å². The van der Waals surface area contributed by atoms with Gasteiger partial charge in [-0.1, -0.05) is 12.1 Å². The molecule has 0 bridgehead atoms. The van der Waals surface area contributed by atoms with Gasteiger partial charge in [0.1, 0.15) is 10.6 Å². The van der Waals surface area contributed by atoms with Crippen LogP contribution in [0.25, 0.3) is 0 Å². The van der Waals surface area contributed by atoms with Crippen molar-refractivity contribution in [3.05, 3.63) is 53.3 Å². The van der Waals surface area contributed by atoms with E-state index in [1.807, 2.05) is 0 Å². The molecule has 1 N–H and O–H groups in total. The van der Waals surface area contributed by atoms with E-state index in [1.165, 1.54) is 55.0 Å². The largest absolute Gasteiger partial charge is 0.416 e. The van der Waals surface area contributed by atoms with E-state index < -0.39 is 27.7 Å². The maximum atomic E-state index is 12.6. The summed E-state index contributed by atoms with van der Waals surface area (Å²) in [5.41, 5.74) is -0.0982. The molecule has 10 heteroatoms. The second-order valence-electron chi connectivity index (χ2n) is 5.74. The normalized spacial score (nSPS) is 12.2. The highest BCUT2D eigenvalue weighted by Crippen LogP contribution is 2.29. The molecule has 0 radical (unpaired) electrons. The van der Waals surface area contributed by atoms with Gasteiger partial charge in [-0.2, -0.15) is 13.2 Å². The van der Waals surface area contributed by atoms with Crippen LogP contribution in [0.3, 0.4) is 0 Å². The highest BCUT2D eigenvalue weighted by molar-refractivity contribution is 7.89. The van der Waals surface area contributed by atoms with Crippen molar-refractivity contribution in [2.75, 3.05) is 14.1 Å². The molecule has 26 heavy (non-hydrogen) atoms. The summed E-state index contributed by atoms with van der Waals surface area (Å²) < 4.78 is 64.9. The van der Waals surface area contributed by atoms with Crippen molar-refractivity contribution < 1.29 is 26.4 Å². The Hall–Kier alpha value is -2.33. The standard InChI is InChI=1S/C16H18F3N3O3S/c1-20-26(24,25)13-8-14(21(2)10-13)15(23)22(3)9-11-4-6-12(7-5-11)16(17,18)19/h4-8,10,20H,9H2,1-3H3. The number of sulfonamides is 1. The van der Waals surface area contributed by atoms with Crippen LogP contribution in [0.15, 0.2) is 41.4 Å². The van der Waals surface area contributed by atoms with Crippen LogP contribution in [0.4, 0.5) is 13.2 Å². The number of rotatable bonds is 5. The zero-order valence-electron chi connectivity index (χ0n) is 14.3. The van der Waals surface area contributed by atoms with E-state index in [9.17, 15) is 26.4 Å². The Morgan fingerprint density at radius 1 is 1.23 bits per heavy atom. The van der Waals surface area contributed by atoms with Gasteiger partial charge in [-0.05, 0) is 30.8 Å². The lowest BCUT2D eigenvalue weighted by Gasteiger charge is -2.18. The zero-order valence-corrected chi connectivity index (χ0v) is 15.1. The van der Waals surface area contributed by atoms with Gasteiger partial charge < -0.3 is 9.47 Å². The molecule has 0 fully saturated rings. The molecule has 0 unspecified atom stereocenters. The summed E-state index contributed by atoms with van der Waals surface area (Å²) in [6, 6.07) is 5.75. The predicted octanol–water partition coefficient (Wildman–Crippen LogP) is 2.22. The van der Waals surface area contributed by atoms with Gasteiger partial charge >= 0.3 is 6.18 Å². The van der Waals surface area contributed by atoms with Crippen LogP contribution in [0.2, 0.25) is 0 Å². The Morgan fingerprint density at radius 2 is 1.81 bits per heavy atom. The van der Waals surface area contributed by atoms with Gasteiger partial charge in [-0.3, -0.25) is 4.79 Å². The summed E-state index contributed by atoms with van der Waals surface area (Å²) in [6.07, 6.45) is -3.11. The number of alkyl halides is 3. The minimum absolute atomic E-state index is 0.0474. The molecule has 1 aromatic heterocycles. The first kappa shape index (κ1) is 20.0. The average Bonchev–Trinajstić information content (AvgIpc) is 2.96. The van der Waals surface area contributed by atoms with Crippen LogP contribution in [-0.2, 0) is 29.8 Å². The van der Waals surface area contributed by atoms with Crippen LogP contribution in [0.5, 0.6) is 0 Å². The molecule has 0 aliphatic rings. The molecule has 1 heterocycles. The Balaban J connectivity index is 2.18. The van der Waals surface area contributed by atoms with Crippen molar-refractivity contribution in [2.24, 2.45) is 7.05 Å². The Labute approximate surface area is 149 Å². The summed E-state index contributed by atoms with van der Waals surface area (Å²) in [7, 11) is 0.601. The third-order valence-electron chi connectivity index (χ3n) is 3.83. The van der Waals surface area contributed by atoms with Crippen molar-refractivity contribution in [1.82, 2.24) is 14.2 Å². The lowest BCUT2D eigenvalue weighted by atomic mass is 10.1. The zero-order chi connectivity index (χ0) is 19.7. The van der Waals surface area contributed by atoms with Gasteiger partial charge in [0.15, 0.2) is 0 Å². The van der Waals surface area contributed by atoms with Crippen LogP contribution in [-0.4, -0.2) is 37.9 Å². The Kier molecular flexibility index (Phi) is 5.47. The maximum Gasteiger partial charge on any atom is 0.416 e. The van der Waals surface area contributed by atoms with Crippen LogP contribution in [0, 0.1) is 0 Å². The third kappa shape index (κ3) is 4.25. The predicted molar refractivity (Wildman–Crippen MR) is 88.9 cm³/mol. The number of carbonyl (C=O) groups excluding carboxylic acids is 1. The second kappa shape index (κ2) is 7.12. The van der Waals surface area contributed by atoms with Gasteiger partial charge in [0.05, 0.1) is 5.56 Å². The van der Waals surface area contributed by atoms with Gasteiger partial charge in [0.2, 0.25) is 10.0 Å². The maximum absolute atomic E-state index is 12.6. The molecule has 2 aromatic rings. The van der Waals surface area contributed by atoms with E-state index in [1.54, 1.807) is 0 Å². The van der Waals surface area contributed by atoms with E-state index in [0.717, 1.165) is 12.1 Å².